The molecule has 0 spiro atoms. The molecule has 1 atom stereocenters. The highest BCUT2D eigenvalue weighted by molar-refractivity contribution is 6.42. The minimum absolute atomic E-state index is 0.0608. The SMILES string of the molecule is CN1C(=O)CC(n2c(N)nc3cc(Cl)c(Cl)cc32)C1=O. The Hall–Kier alpha value is -1.79. The Balaban J connectivity index is 2.22. The molecule has 8 heteroatoms. The average molecular weight is 313 g/mol. The van der Waals surface area contributed by atoms with Crippen molar-refractivity contribution in [3.05, 3.63) is 22.2 Å². The minimum Gasteiger partial charge on any atom is -0.369 e. The molecule has 1 aromatic carbocycles. The van der Waals surface area contributed by atoms with E-state index in [4.69, 9.17) is 28.9 Å². The zero-order valence-corrected chi connectivity index (χ0v) is 11.9. The number of aromatic nitrogens is 2. The molecule has 0 saturated carbocycles. The summed E-state index contributed by atoms with van der Waals surface area (Å²) in [4.78, 5) is 29.0. The number of halogens is 2. The van der Waals surface area contributed by atoms with E-state index in [2.05, 4.69) is 4.98 Å². The van der Waals surface area contributed by atoms with Crippen molar-refractivity contribution in [3.8, 4) is 0 Å². The number of carbonyl (C=O) groups is 2. The molecular weight excluding hydrogens is 303 g/mol. The van der Waals surface area contributed by atoms with Crippen molar-refractivity contribution >= 4 is 52.0 Å². The van der Waals surface area contributed by atoms with Crippen molar-refractivity contribution in [2.75, 3.05) is 12.8 Å². The third-order valence-electron chi connectivity index (χ3n) is 3.43. The highest BCUT2D eigenvalue weighted by Crippen LogP contribution is 2.34. The Morgan fingerprint density at radius 2 is 1.95 bits per heavy atom. The van der Waals surface area contributed by atoms with Gasteiger partial charge in [0, 0.05) is 7.05 Å². The molecule has 20 heavy (non-hydrogen) atoms. The maximum Gasteiger partial charge on any atom is 0.252 e. The second-order valence-corrected chi connectivity index (χ2v) is 5.42. The number of amides is 2. The Morgan fingerprint density at radius 1 is 1.30 bits per heavy atom. The molecule has 3 rings (SSSR count). The summed E-state index contributed by atoms with van der Waals surface area (Å²) < 4.78 is 1.53. The normalized spacial score (nSPS) is 19.4. The van der Waals surface area contributed by atoms with Crippen molar-refractivity contribution in [2.45, 2.75) is 12.5 Å². The lowest BCUT2D eigenvalue weighted by Gasteiger charge is -2.13. The summed E-state index contributed by atoms with van der Waals surface area (Å²) in [6.45, 7) is 0. The van der Waals surface area contributed by atoms with Crippen molar-refractivity contribution in [2.24, 2.45) is 0 Å². The number of nitrogens with two attached hydrogens (primary N) is 1. The lowest BCUT2D eigenvalue weighted by Crippen LogP contribution is -2.27. The van der Waals surface area contributed by atoms with Crippen LogP contribution in [0.15, 0.2) is 12.1 Å². The van der Waals surface area contributed by atoms with Gasteiger partial charge in [0.1, 0.15) is 6.04 Å². The van der Waals surface area contributed by atoms with E-state index in [-0.39, 0.29) is 24.2 Å². The Labute approximate surface area is 124 Å². The van der Waals surface area contributed by atoms with E-state index in [1.165, 1.54) is 11.6 Å². The molecule has 2 N–H and O–H groups in total. The maximum absolute atomic E-state index is 12.1. The topological polar surface area (TPSA) is 81.2 Å². The number of carbonyl (C=O) groups excluding carboxylic acids is 2. The minimum atomic E-state index is -0.685. The number of likely N-dealkylation sites (tertiary alicyclic amines) is 1. The quantitative estimate of drug-likeness (QED) is 0.815. The van der Waals surface area contributed by atoms with Crippen LogP contribution in [0.4, 0.5) is 5.95 Å². The fourth-order valence-electron chi connectivity index (χ4n) is 2.37. The van der Waals surface area contributed by atoms with Crippen LogP contribution in [-0.2, 0) is 9.59 Å². The number of hydrogen-bond acceptors (Lipinski definition) is 4. The van der Waals surface area contributed by atoms with Crippen LogP contribution in [0.3, 0.4) is 0 Å². The van der Waals surface area contributed by atoms with Crippen LogP contribution < -0.4 is 5.73 Å². The molecule has 0 radical (unpaired) electrons. The molecule has 1 aromatic heterocycles. The lowest BCUT2D eigenvalue weighted by molar-refractivity contribution is -0.137. The molecule has 0 bridgehead atoms. The fourth-order valence-corrected chi connectivity index (χ4v) is 2.69. The van der Waals surface area contributed by atoms with Gasteiger partial charge in [-0.25, -0.2) is 4.98 Å². The van der Waals surface area contributed by atoms with E-state index in [9.17, 15) is 9.59 Å². The molecule has 1 saturated heterocycles. The molecule has 1 unspecified atom stereocenters. The predicted octanol–water partition coefficient (Wildman–Crippen LogP) is 1.86. The third kappa shape index (κ3) is 1.76. The number of anilines is 1. The smallest absolute Gasteiger partial charge is 0.252 e. The van der Waals surface area contributed by atoms with Gasteiger partial charge in [0.05, 0.1) is 27.5 Å². The van der Waals surface area contributed by atoms with Gasteiger partial charge in [-0.3, -0.25) is 19.1 Å². The first-order chi connectivity index (χ1) is 9.40. The first-order valence-corrected chi connectivity index (χ1v) is 6.58. The van der Waals surface area contributed by atoms with Gasteiger partial charge in [-0.15, -0.1) is 0 Å². The zero-order valence-electron chi connectivity index (χ0n) is 10.4. The van der Waals surface area contributed by atoms with E-state index in [1.54, 1.807) is 12.1 Å². The molecule has 1 aliphatic rings. The number of imidazole rings is 1. The van der Waals surface area contributed by atoms with Crippen LogP contribution in [0, 0.1) is 0 Å². The van der Waals surface area contributed by atoms with Gasteiger partial charge in [-0.1, -0.05) is 23.2 Å². The molecule has 1 fully saturated rings. The van der Waals surface area contributed by atoms with E-state index < -0.39 is 6.04 Å². The van der Waals surface area contributed by atoms with Gasteiger partial charge < -0.3 is 5.73 Å². The van der Waals surface area contributed by atoms with E-state index in [0.717, 1.165) is 4.90 Å². The Bertz CT molecular complexity index is 755. The number of nitrogens with zero attached hydrogens (tertiary/aromatic N) is 3. The van der Waals surface area contributed by atoms with Crippen LogP contribution in [-0.4, -0.2) is 33.3 Å². The number of likely N-dealkylation sites (N-methyl/N-ethyl adjacent to an activating group) is 1. The molecule has 1 aliphatic heterocycles. The summed E-state index contributed by atoms with van der Waals surface area (Å²) in [7, 11) is 1.45. The number of nitrogen functional groups attached to an aromatic ring is 1. The van der Waals surface area contributed by atoms with E-state index in [1.807, 2.05) is 0 Å². The molecule has 2 aromatic rings. The highest BCUT2D eigenvalue weighted by atomic mass is 35.5. The van der Waals surface area contributed by atoms with E-state index in [0.29, 0.717) is 21.1 Å². The predicted molar refractivity (Wildman–Crippen MR) is 75.6 cm³/mol. The second-order valence-electron chi connectivity index (χ2n) is 4.61. The number of fused-ring (bicyclic) bond motifs is 1. The van der Waals surface area contributed by atoms with Crippen molar-refractivity contribution < 1.29 is 9.59 Å². The van der Waals surface area contributed by atoms with Crippen LogP contribution in [0.5, 0.6) is 0 Å². The van der Waals surface area contributed by atoms with Gasteiger partial charge >= 0.3 is 0 Å². The van der Waals surface area contributed by atoms with Crippen LogP contribution in [0.1, 0.15) is 12.5 Å². The Kier molecular flexibility index (Phi) is 2.88. The van der Waals surface area contributed by atoms with Gasteiger partial charge in [0.15, 0.2) is 0 Å². The highest BCUT2D eigenvalue weighted by Gasteiger charge is 2.39. The summed E-state index contributed by atoms with van der Waals surface area (Å²) in [5.41, 5.74) is 6.99. The summed E-state index contributed by atoms with van der Waals surface area (Å²) in [6, 6.07) is 2.49. The van der Waals surface area contributed by atoms with Gasteiger partial charge in [0.2, 0.25) is 11.9 Å². The Morgan fingerprint density at radius 3 is 2.55 bits per heavy atom. The number of imide groups is 1. The summed E-state index contributed by atoms with van der Waals surface area (Å²) in [6.07, 6.45) is 0.0608. The molecule has 2 heterocycles. The first kappa shape index (κ1) is 13.2. The van der Waals surface area contributed by atoms with Gasteiger partial charge in [-0.05, 0) is 12.1 Å². The fraction of sp³-hybridized carbons (Fsp3) is 0.250. The van der Waals surface area contributed by atoms with Crippen molar-refractivity contribution in [1.82, 2.24) is 14.5 Å². The van der Waals surface area contributed by atoms with Crippen LogP contribution in [0.25, 0.3) is 11.0 Å². The number of benzene rings is 1. The number of rotatable bonds is 1. The molecule has 6 nitrogen and oxygen atoms in total. The summed E-state index contributed by atoms with van der Waals surface area (Å²) in [5.74, 6) is -0.409. The summed E-state index contributed by atoms with van der Waals surface area (Å²) in [5, 5.41) is 0.695. The molecule has 2 amide bonds. The standard InChI is InChI=1S/C12H10Cl2N4O2/c1-17-10(19)4-9(11(17)20)18-8-3-6(14)5(13)2-7(8)16-12(18)15/h2-3,9H,4H2,1H3,(H2,15,16). The third-order valence-corrected chi connectivity index (χ3v) is 4.15. The largest absolute Gasteiger partial charge is 0.369 e. The van der Waals surface area contributed by atoms with Crippen LogP contribution >= 0.6 is 23.2 Å². The molecular formula is C12H10Cl2N4O2. The zero-order chi connectivity index (χ0) is 14.6. The van der Waals surface area contributed by atoms with Crippen LogP contribution in [0.2, 0.25) is 10.0 Å². The van der Waals surface area contributed by atoms with E-state index >= 15 is 0 Å². The average Bonchev–Trinajstić information content (AvgIpc) is 2.81. The maximum atomic E-state index is 12.1. The first-order valence-electron chi connectivity index (χ1n) is 5.83. The second kappa shape index (κ2) is 4.36. The lowest BCUT2D eigenvalue weighted by atomic mass is 10.2. The molecule has 104 valence electrons. The van der Waals surface area contributed by atoms with Crippen molar-refractivity contribution in [3.63, 3.8) is 0 Å². The number of hydrogen-bond donors (Lipinski definition) is 1. The summed E-state index contributed by atoms with van der Waals surface area (Å²) >= 11 is 11.9. The van der Waals surface area contributed by atoms with Gasteiger partial charge in [0.25, 0.3) is 5.91 Å². The molecule has 0 aliphatic carbocycles. The van der Waals surface area contributed by atoms with Gasteiger partial charge in [-0.2, -0.15) is 0 Å². The monoisotopic (exact) mass is 312 g/mol. The van der Waals surface area contributed by atoms with Crippen molar-refractivity contribution in [1.29, 1.82) is 0 Å².